The van der Waals surface area contributed by atoms with Crippen molar-refractivity contribution in [2.75, 3.05) is 13.1 Å². The smallest absolute Gasteiger partial charge is 0.253 e. The Morgan fingerprint density at radius 1 is 1.30 bits per heavy atom. The number of amides is 1. The van der Waals surface area contributed by atoms with Crippen LogP contribution in [0.2, 0.25) is 5.02 Å². The van der Waals surface area contributed by atoms with E-state index in [1.807, 2.05) is 17.0 Å². The number of hydrogen-bond acceptors (Lipinski definition) is 5. The van der Waals surface area contributed by atoms with Crippen molar-refractivity contribution in [1.29, 1.82) is 0 Å². The van der Waals surface area contributed by atoms with Crippen molar-refractivity contribution >= 4 is 33.8 Å². The van der Waals surface area contributed by atoms with Crippen LogP contribution in [0.25, 0.3) is 4.96 Å². The molecule has 1 saturated heterocycles. The molecule has 118 valence electrons. The van der Waals surface area contributed by atoms with Crippen LogP contribution < -0.4 is 0 Å². The Hall–Kier alpha value is -1.99. The van der Waals surface area contributed by atoms with Crippen LogP contribution >= 0.6 is 22.9 Å². The van der Waals surface area contributed by atoms with Crippen molar-refractivity contribution in [3.05, 3.63) is 46.2 Å². The van der Waals surface area contributed by atoms with E-state index in [1.54, 1.807) is 34.3 Å². The number of carbonyl (C=O) groups is 1. The van der Waals surface area contributed by atoms with Crippen LogP contribution in [0.5, 0.6) is 0 Å². The third-order valence-corrected chi connectivity index (χ3v) is 5.42. The molecule has 23 heavy (non-hydrogen) atoms. The van der Waals surface area contributed by atoms with E-state index in [-0.39, 0.29) is 5.91 Å². The van der Waals surface area contributed by atoms with Crippen molar-refractivity contribution in [3.63, 3.8) is 0 Å². The number of aromatic nitrogens is 4. The molecular formula is C15H14ClN5OS. The number of benzene rings is 1. The van der Waals surface area contributed by atoms with E-state index in [2.05, 4.69) is 15.3 Å². The Labute approximate surface area is 141 Å². The van der Waals surface area contributed by atoms with Crippen molar-refractivity contribution in [2.24, 2.45) is 0 Å². The Bertz CT molecular complexity index is 824. The Kier molecular flexibility index (Phi) is 3.74. The van der Waals surface area contributed by atoms with Gasteiger partial charge in [-0.25, -0.2) is 0 Å². The second kappa shape index (κ2) is 5.90. The summed E-state index contributed by atoms with van der Waals surface area (Å²) in [5.41, 5.74) is 0.648. The molecule has 6 nitrogen and oxygen atoms in total. The van der Waals surface area contributed by atoms with E-state index in [0.717, 1.165) is 35.9 Å². The molecule has 0 radical (unpaired) electrons. The molecule has 0 bridgehead atoms. The minimum atomic E-state index is 0.0455. The Morgan fingerprint density at radius 2 is 2.13 bits per heavy atom. The fraction of sp³-hybridized carbons (Fsp3) is 0.333. The Morgan fingerprint density at radius 3 is 2.87 bits per heavy atom. The quantitative estimate of drug-likeness (QED) is 0.715. The molecule has 0 aliphatic carbocycles. The van der Waals surface area contributed by atoms with Crippen molar-refractivity contribution in [1.82, 2.24) is 24.7 Å². The lowest BCUT2D eigenvalue weighted by Crippen LogP contribution is -2.37. The highest BCUT2D eigenvalue weighted by molar-refractivity contribution is 7.16. The maximum absolute atomic E-state index is 12.5. The fourth-order valence-electron chi connectivity index (χ4n) is 2.87. The second-order valence-electron chi connectivity index (χ2n) is 5.58. The largest absolute Gasteiger partial charge is 0.339 e. The van der Waals surface area contributed by atoms with Gasteiger partial charge >= 0.3 is 0 Å². The van der Waals surface area contributed by atoms with Crippen molar-refractivity contribution in [2.45, 2.75) is 18.8 Å². The summed E-state index contributed by atoms with van der Waals surface area (Å²) in [5, 5.41) is 14.0. The molecular weight excluding hydrogens is 334 g/mol. The van der Waals surface area contributed by atoms with Crippen LogP contribution in [-0.4, -0.2) is 43.7 Å². The summed E-state index contributed by atoms with van der Waals surface area (Å²) >= 11 is 7.54. The predicted octanol–water partition coefficient (Wildman–Crippen LogP) is 2.86. The minimum Gasteiger partial charge on any atom is -0.339 e. The highest BCUT2D eigenvalue weighted by Gasteiger charge is 2.27. The standard InChI is InChI=1S/C15H14ClN5OS/c16-12-3-1-2-11(8-12)14(22)20-6-4-10(5-7-20)13-19-21-9-17-18-15(21)23-13/h1-3,8-10H,4-7H2. The summed E-state index contributed by atoms with van der Waals surface area (Å²) < 4.78 is 1.71. The lowest BCUT2D eigenvalue weighted by molar-refractivity contribution is 0.0713. The number of fused-ring (bicyclic) bond motifs is 1. The number of piperidine rings is 1. The van der Waals surface area contributed by atoms with E-state index in [1.165, 1.54) is 0 Å². The number of carbonyl (C=O) groups excluding carboxylic acids is 1. The predicted molar refractivity (Wildman–Crippen MR) is 88.0 cm³/mol. The van der Waals surface area contributed by atoms with Gasteiger partial charge in [-0.1, -0.05) is 29.0 Å². The molecule has 0 N–H and O–H groups in total. The monoisotopic (exact) mass is 347 g/mol. The van der Waals surface area contributed by atoms with E-state index >= 15 is 0 Å². The average Bonchev–Trinajstić information content (AvgIpc) is 3.16. The number of halogens is 1. The van der Waals surface area contributed by atoms with Gasteiger partial charge in [0.25, 0.3) is 5.91 Å². The molecule has 1 fully saturated rings. The van der Waals surface area contributed by atoms with Gasteiger partial charge in [-0.2, -0.15) is 9.61 Å². The van der Waals surface area contributed by atoms with Gasteiger partial charge in [0, 0.05) is 29.6 Å². The molecule has 1 aromatic carbocycles. The van der Waals surface area contributed by atoms with E-state index in [0.29, 0.717) is 16.5 Å². The zero-order valence-electron chi connectivity index (χ0n) is 12.2. The average molecular weight is 348 g/mol. The van der Waals surface area contributed by atoms with Gasteiger partial charge < -0.3 is 4.90 Å². The maximum Gasteiger partial charge on any atom is 0.253 e. The van der Waals surface area contributed by atoms with E-state index in [4.69, 9.17) is 11.6 Å². The van der Waals surface area contributed by atoms with Gasteiger partial charge in [0.15, 0.2) is 0 Å². The fourth-order valence-corrected chi connectivity index (χ4v) is 4.05. The molecule has 3 heterocycles. The van der Waals surface area contributed by atoms with Gasteiger partial charge in [-0.3, -0.25) is 4.79 Å². The first-order chi connectivity index (χ1) is 11.2. The van der Waals surface area contributed by atoms with Crippen LogP contribution in [0.3, 0.4) is 0 Å². The lowest BCUT2D eigenvalue weighted by Gasteiger charge is -2.31. The third kappa shape index (κ3) is 2.82. The first-order valence-electron chi connectivity index (χ1n) is 7.42. The summed E-state index contributed by atoms with van der Waals surface area (Å²) in [6, 6.07) is 7.11. The van der Waals surface area contributed by atoms with Gasteiger partial charge in [0.1, 0.15) is 11.3 Å². The molecule has 0 unspecified atom stereocenters. The molecule has 0 atom stereocenters. The Balaban J connectivity index is 1.44. The highest BCUT2D eigenvalue weighted by Crippen LogP contribution is 2.31. The summed E-state index contributed by atoms with van der Waals surface area (Å²) in [6.45, 7) is 1.46. The summed E-state index contributed by atoms with van der Waals surface area (Å²) in [6.07, 6.45) is 3.44. The molecule has 0 saturated carbocycles. The van der Waals surface area contributed by atoms with Gasteiger partial charge in [0.05, 0.1) is 0 Å². The van der Waals surface area contributed by atoms with Crippen molar-refractivity contribution < 1.29 is 4.79 Å². The number of likely N-dealkylation sites (tertiary alicyclic amines) is 1. The molecule has 1 aliphatic rings. The van der Waals surface area contributed by atoms with Crippen LogP contribution in [0.15, 0.2) is 30.6 Å². The minimum absolute atomic E-state index is 0.0455. The van der Waals surface area contributed by atoms with Gasteiger partial charge in [-0.05, 0) is 31.0 Å². The van der Waals surface area contributed by atoms with Gasteiger partial charge in [0.2, 0.25) is 4.96 Å². The zero-order chi connectivity index (χ0) is 15.8. The number of nitrogens with zero attached hydrogens (tertiary/aromatic N) is 5. The summed E-state index contributed by atoms with van der Waals surface area (Å²) in [5.74, 6) is 0.425. The van der Waals surface area contributed by atoms with Gasteiger partial charge in [-0.15, -0.1) is 10.2 Å². The lowest BCUT2D eigenvalue weighted by atomic mass is 9.97. The SMILES string of the molecule is O=C(c1cccc(Cl)c1)N1CCC(c2nn3cnnc3s2)CC1. The molecule has 4 rings (SSSR count). The molecule has 8 heteroatoms. The van der Waals surface area contributed by atoms with E-state index in [9.17, 15) is 4.79 Å². The van der Waals surface area contributed by atoms with Crippen LogP contribution in [0.1, 0.15) is 34.1 Å². The molecule has 1 amide bonds. The first kappa shape index (κ1) is 14.6. The molecule has 0 spiro atoms. The summed E-state index contributed by atoms with van der Waals surface area (Å²) in [4.78, 5) is 15.2. The molecule has 3 aromatic rings. The molecule has 1 aliphatic heterocycles. The van der Waals surface area contributed by atoms with Crippen LogP contribution in [0.4, 0.5) is 0 Å². The maximum atomic E-state index is 12.5. The number of hydrogen-bond donors (Lipinski definition) is 0. The zero-order valence-corrected chi connectivity index (χ0v) is 13.8. The van der Waals surface area contributed by atoms with E-state index < -0.39 is 0 Å². The van der Waals surface area contributed by atoms with Crippen LogP contribution in [-0.2, 0) is 0 Å². The first-order valence-corrected chi connectivity index (χ1v) is 8.62. The summed E-state index contributed by atoms with van der Waals surface area (Å²) in [7, 11) is 0. The van der Waals surface area contributed by atoms with Crippen molar-refractivity contribution in [3.8, 4) is 0 Å². The van der Waals surface area contributed by atoms with Crippen LogP contribution in [0, 0.1) is 0 Å². The highest BCUT2D eigenvalue weighted by atomic mass is 35.5. The second-order valence-corrected chi connectivity index (χ2v) is 7.00. The normalized spacial score (nSPS) is 16.1. The third-order valence-electron chi connectivity index (χ3n) is 4.11. The number of rotatable bonds is 2. The molecule has 2 aromatic heterocycles. The topological polar surface area (TPSA) is 63.4 Å².